The highest BCUT2D eigenvalue weighted by Gasteiger charge is 2.33. The Bertz CT molecular complexity index is 635. The van der Waals surface area contributed by atoms with Crippen molar-refractivity contribution in [1.82, 2.24) is 0 Å². The van der Waals surface area contributed by atoms with Gasteiger partial charge in [0.1, 0.15) is 18.1 Å². The van der Waals surface area contributed by atoms with Crippen LogP contribution in [0.3, 0.4) is 0 Å². The Labute approximate surface area is 145 Å². The molecule has 3 rings (SSSR count). The monoisotopic (exact) mass is 328 g/mol. The minimum Gasteiger partial charge on any atom is -0.489 e. The number of ketones is 1. The van der Waals surface area contributed by atoms with Crippen molar-refractivity contribution in [2.75, 3.05) is 0 Å². The van der Waals surface area contributed by atoms with Crippen molar-refractivity contribution in [3.05, 3.63) is 65.7 Å². The van der Waals surface area contributed by atoms with E-state index in [1.165, 1.54) is 18.4 Å². The third kappa shape index (κ3) is 5.14. The molecule has 2 aromatic carbocycles. The molecule has 122 valence electrons. The molecule has 0 radical (unpaired) electrons. The summed E-state index contributed by atoms with van der Waals surface area (Å²) in [5, 5.41) is 0. The van der Waals surface area contributed by atoms with E-state index < -0.39 is 0 Å². The van der Waals surface area contributed by atoms with Gasteiger partial charge < -0.3 is 9.53 Å². The molecule has 3 heteroatoms. The average Bonchev–Trinajstić information content (AvgIpc) is 3.36. The van der Waals surface area contributed by atoms with Gasteiger partial charge in [-0.3, -0.25) is 0 Å². The number of hydrogen-bond donors (Lipinski definition) is 0. The summed E-state index contributed by atoms with van der Waals surface area (Å²) < 4.78 is 5.90. The van der Waals surface area contributed by atoms with Gasteiger partial charge >= 0.3 is 0 Å². The smallest absolute Gasteiger partial charge is 0.130 e. The molecule has 0 saturated heterocycles. The molecule has 23 heavy (non-hydrogen) atoms. The van der Waals surface area contributed by atoms with Crippen LogP contribution in [-0.4, -0.2) is 5.78 Å². The quantitative estimate of drug-likeness (QED) is 0.726. The molecule has 0 amide bonds. The lowest BCUT2D eigenvalue weighted by Crippen LogP contribution is -2.07. The molecular weight excluding hydrogens is 304 g/mol. The van der Waals surface area contributed by atoms with E-state index in [1.807, 2.05) is 30.3 Å². The van der Waals surface area contributed by atoms with Crippen LogP contribution in [0.1, 0.15) is 43.2 Å². The van der Waals surface area contributed by atoms with Crippen molar-refractivity contribution in [2.45, 2.75) is 38.7 Å². The van der Waals surface area contributed by atoms with Gasteiger partial charge in [-0.1, -0.05) is 42.5 Å². The van der Waals surface area contributed by atoms with Gasteiger partial charge in [0.25, 0.3) is 0 Å². The van der Waals surface area contributed by atoms with Gasteiger partial charge in [0.15, 0.2) is 0 Å². The average molecular weight is 328 g/mol. The topological polar surface area (TPSA) is 26.3 Å². The number of benzene rings is 2. The first kappa shape index (κ1) is 17.6. The Morgan fingerprint density at radius 2 is 1.87 bits per heavy atom. The van der Waals surface area contributed by atoms with E-state index in [4.69, 9.17) is 4.74 Å². The summed E-state index contributed by atoms with van der Waals surface area (Å²) in [6.07, 6.45) is 3.13. The zero-order valence-electron chi connectivity index (χ0n) is 13.5. The zero-order chi connectivity index (χ0) is 15.4. The van der Waals surface area contributed by atoms with Crippen LogP contribution in [0, 0.1) is 5.92 Å². The second-order valence-corrected chi connectivity index (χ2v) is 6.20. The fourth-order valence-electron chi connectivity index (χ4n) is 2.94. The van der Waals surface area contributed by atoms with Gasteiger partial charge in [0.05, 0.1) is 0 Å². The van der Waals surface area contributed by atoms with Crippen LogP contribution in [0.4, 0.5) is 0 Å². The predicted molar refractivity (Wildman–Crippen MR) is 98.4 cm³/mol. The molecule has 1 aliphatic carbocycles. The second kappa shape index (κ2) is 8.21. The fourth-order valence-corrected chi connectivity index (χ4v) is 2.94. The fraction of sp³-hybridized carbons (Fsp3) is 0.350. The summed E-state index contributed by atoms with van der Waals surface area (Å²) >= 11 is 0. The molecule has 1 aliphatic rings. The summed E-state index contributed by atoms with van der Waals surface area (Å²) in [4.78, 5) is 11.5. The second-order valence-electron chi connectivity index (χ2n) is 6.20. The third-order valence-electron chi connectivity index (χ3n) is 4.23. The van der Waals surface area contributed by atoms with Crippen LogP contribution in [0.2, 0.25) is 0 Å². The van der Waals surface area contributed by atoms with Gasteiger partial charge in [-0.25, -0.2) is 0 Å². The van der Waals surface area contributed by atoms with Crippen molar-refractivity contribution in [3.8, 4) is 5.75 Å². The van der Waals surface area contributed by atoms with E-state index in [9.17, 15) is 4.79 Å². The van der Waals surface area contributed by atoms with Crippen molar-refractivity contribution in [2.24, 2.45) is 5.92 Å². The van der Waals surface area contributed by atoms with E-state index in [0.29, 0.717) is 24.9 Å². The number of carbonyl (C=O) groups excluding carboxylic acids is 1. The Morgan fingerprint density at radius 1 is 1.13 bits per heavy atom. The summed E-state index contributed by atoms with van der Waals surface area (Å²) in [7, 11) is 0. The Balaban J connectivity index is 0.00000192. The Morgan fingerprint density at radius 3 is 2.52 bits per heavy atom. The third-order valence-corrected chi connectivity index (χ3v) is 4.23. The van der Waals surface area contributed by atoms with Gasteiger partial charge in [-0.2, -0.15) is 13.5 Å². The maximum absolute atomic E-state index is 11.5. The van der Waals surface area contributed by atoms with E-state index in [1.54, 1.807) is 6.92 Å². The van der Waals surface area contributed by atoms with Crippen molar-refractivity contribution in [1.29, 1.82) is 0 Å². The summed E-state index contributed by atoms with van der Waals surface area (Å²) in [5.41, 5.74) is 2.40. The number of rotatable bonds is 7. The molecule has 2 aromatic rings. The van der Waals surface area contributed by atoms with Crippen LogP contribution < -0.4 is 4.74 Å². The highest BCUT2D eigenvalue weighted by molar-refractivity contribution is 7.59. The number of hydrogen-bond acceptors (Lipinski definition) is 2. The minimum atomic E-state index is 0. The first-order valence-electron chi connectivity index (χ1n) is 7.98. The van der Waals surface area contributed by atoms with Crippen LogP contribution in [-0.2, 0) is 11.4 Å². The first-order chi connectivity index (χ1) is 10.7. The summed E-state index contributed by atoms with van der Waals surface area (Å²) in [6.45, 7) is 2.26. The summed E-state index contributed by atoms with van der Waals surface area (Å²) in [6, 6.07) is 18.4. The Hall–Kier alpha value is -1.74. The summed E-state index contributed by atoms with van der Waals surface area (Å²) in [5.74, 6) is 2.19. The molecule has 1 fully saturated rings. The normalized spacial score (nSPS) is 14.7. The number of Topliss-reactive ketones (excluding diaryl/α,β-unsaturated/α-hetero) is 1. The van der Waals surface area contributed by atoms with Crippen LogP contribution >= 0.6 is 13.5 Å². The SMILES string of the molecule is CC(=O)C[C@H](c1cccc(OCc2ccccc2)c1)C1CC1.S. The van der Waals surface area contributed by atoms with Crippen LogP contribution in [0.15, 0.2) is 54.6 Å². The molecule has 0 aromatic heterocycles. The van der Waals surface area contributed by atoms with E-state index in [2.05, 4.69) is 24.3 Å². The van der Waals surface area contributed by atoms with Gasteiger partial charge in [-0.15, -0.1) is 0 Å². The Kier molecular flexibility index (Phi) is 6.28. The molecule has 0 spiro atoms. The molecule has 0 unspecified atom stereocenters. The lowest BCUT2D eigenvalue weighted by molar-refractivity contribution is -0.117. The molecular formula is C20H24O2S. The minimum absolute atomic E-state index is 0. The number of carbonyl (C=O) groups is 1. The molecule has 2 nitrogen and oxygen atoms in total. The molecule has 0 bridgehead atoms. The molecule has 0 heterocycles. The molecule has 1 atom stereocenters. The van der Waals surface area contributed by atoms with Crippen LogP contribution in [0.5, 0.6) is 5.75 Å². The van der Waals surface area contributed by atoms with Crippen molar-refractivity contribution >= 4 is 19.3 Å². The molecule has 0 aliphatic heterocycles. The lowest BCUT2D eigenvalue weighted by atomic mass is 9.89. The standard InChI is InChI=1S/C20H22O2.H2S/c1-15(21)12-20(17-10-11-17)18-8-5-9-19(13-18)22-14-16-6-3-2-4-7-16;/h2-9,13,17,20H,10-12,14H2,1H3;1H2/t20-;/m0./s1. The molecule has 0 N–H and O–H groups in total. The maximum atomic E-state index is 11.5. The zero-order valence-corrected chi connectivity index (χ0v) is 14.5. The number of ether oxygens (including phenoxy) is 1. The first-order valence-corrected chi connectivity index (χ1v) is 7.98. The van der Waals surface area contributed by atoms with Gasteiger partial charge in [0, 0.05) is 6.42 Å². The van der Waals surface area contributed by atoms with E-state index >= 15 is 0 Å². The van der Waals surface area contributed by atoms with Crippen molar-refractivity contribution < 1.29 is 9.53 Å². The van der Waals surface area contributed by atoms with E-state index in [-0.39, 0.29) is 19.3 Å². The van der Waals surface area contributed by atoms with Crippen molar-refractivity contribution in [3.63, 3.8) is 0 Å². The lowest BCUT2D eigenvalue weighted by Gasteiger charge is -2.16. The van der Waals surface area contributed by atoms with E-state index in [0.717, 1.165) is 11.3 Å². The maximum Gasteiger partial charge on any atom is 0.130 e. The molecule has 1 saturated carbocycles. The van der Waals surface area contributed by atoms with Gasteiger partial charge in [-0.05, 0) is 54.9 Å². The van der Waals surface area contributed by atoms with Gasteiger partial charge in [0.2, 0.25) is 0 Å². The highest BCUT2D eigenvalue weighted by Crippen LogP contribution is 2.45. The highest BCUT2D eigenvalue weighted by atomic mass is 32.1. The predicted octanol–water partition coefficient (Wildman–Crippen LogP) is 4.85. The largest absolute Gasteiger partial charge is 0.489 e. The van der Waals surface area contributed by atoms with Crippen LogP contribution in [0.25, 0.3) is 0 Å².